The molecule has 2 amide bonds. The van der Waals surface area contributed by atoms with Crippen LogP contribution in [0.25, 0.3) is 11.4 Å². The van der Waals surface area contributed by atoms with Gasteiger partial charge in [-0.3, -0.25) is 0 Å². The summed E-state index contributed by atoms with van der Waals surface area (Å²) in [5.41, 5.74) is 1.47. The van der Waals surface area contributed by atoms with Crippen molar-refractivity contribution in [1.29, 1.82) is 0 Å². The van der Waals surface area contributed by atoms with E-state index in [4.69, 9.17) is 14.0 Å². The van der Waals surface area contributed by atoms with E-state index in [1.807, 2.05) is 42.5 Å². The number of likely N-dealkylation sites (tertiary alicyclic amines) is 1. The number of aromatic nitrogens is 2. The summed E-state index contributed by atoms with van der Waals surface area (Å²) in [5.74, 6) is 2.30. The number of nitrogens with one attached hydrogen (secondary N) is 1. The fourth-order valence-corrected chi connectivity index (χ4v) is 3.41. The lowest BCUT2D eigenvalue weighted by Gasteiger charge is -2.22. The van der Waals surface area contributed by atoms with E-state index in [1.165, 1.54) is 0 Å². The summed E-state index contributed by atoms with van der Waals surface area (Å²) in [6, 6.07) is 14.2. The van der Waals surface area contributed by atoms with E-state index in [2.05, 4.69) is 15.5 Å². The molecule has 2 heterocycles. The Morgan fingerprint density at radius 1 is 1.14 bits per heavy atom. The molecule has 8 heteroatoms. The number of hydrogen-bond acceptors (Lipinski definition) is 6. The number of carbonyl (C=O) groups is 1. The minimum atomic E-state index is -0.257. The van der Waals surface area contributed by atoms with Gasteiger partial charge < -0.3 is 24.2 Å². The van der Waals surface area contributed by atoms with E-state index in [-0.39, 0.29) is 12.1 Å². The standard InChI is InChI=1S/C21H22N4O4/c1-27-16-8-3-6-14(12-16)19-23-20(29-24-19)18-10-5-11-25(18)21(26)22-15-7-4-9-17(13-15)28-2/h3-4,6-9,12-13,18H,5,10-11H2,1-2H3,(H,22,26)/t18-/m1/s1. The van der Waals surface area contributed by atoms with Gasteiger partial charge in [0, 0.05) is 23.9 Å². The molecule has 0 radical (unpaired) electrons. The maximum atomic E-state index is 12.8. The van der Waals surface area contributed by atoms with Crippen LogP contribution in [0.4, 0.5) is 10.5 Å². The van der Waals surface area contributed by atoms with Crippen molar-refractivity contribution < 1.29 is 18.8 Å². The number of benzene rings is 2. The van der Waals surface area contributed by atoms with Crippen molar-refractivity contribution >= 4 is 11.7 Å². The number of amides is 2. The Labute approximate surface area is 168 Å². The molecule has 29 heavy (non-hydrogen) atoms. The van der Waals surface area contributed by atoms with E-state index in [0.29, 0.717) is 35.4 Å². The molecule has 0 spiro atoms. The Hall–Kier alpha value is -3.55. The van der Waals surface area contributed by atoms with Gasteiger partial charge in [0.2, 0.25) is 11.7 Å². The average Bonchev–Trinajstić information content (AvgIpc) is 3.43. The fraction of sp³-hybridized carbons (Fsp3) is 0.286. The zero-order valence-electron chi connectivity index (χ0n) is 16.3. The molecule has 4 rings (SSSR count). The second kappa shape index (κ2) is 8.22. The van der Waals surface area contributed by atoms with Crippen molar-refractivity contribution in [1.82, 2.24) is 15.0 Å². The lowest BCUT2D eigenvalue weighted by atomic mass is 10.2. The van der Waals surface area contributed by atoms with Crippen molar-refractivity contribution in [2.45, 2.75) is 18.9 Å². The number of nitrogens with zero attached hydrogens (tertiary/aromatic N) is 3. The highest BCUT2D eigenvalue weighted by atomic mass is 16.5. The van der Waals surface area contributed by atoms with Gasteiger partial charge in [0.15, 0.2) is 0 Å². The van der Waals surface area contributed by atoms with Crippen LogP contribution in [0, 0.1) is 0 Å². The van der Waals surface area contributed by atoms with Crippen LogP contribution in [0.3, 0.4) is 0 Å². The molecular formula is C21H22N4O4. The van der Waals surface area contributed by atoms with Crippen LogP contribution in [0.2, 0.25) is 0 Å². The van der Waals surface area contributed by atoms with Crippen LogP contribution in [0.5, 0.6) is 11.5 Å². The van der Waals surface area contributed by atoms with Gasteiger partial charge in [-0.2, -0.15) is 4.98 Å². The van der Waals surface area contributed by atoms with Gasteiger partial charge in [-0.1, -0.05) is 23.4 Å². The smallest absolute Gasteiger partial charge is 0.322 e. The molecular weight excluding hydrogens is 372 g/mol. The van der Waals surface area contributed by atoms with Crippen LogP contribution >= 0.6 is 0 Å². The Morgan fingerprint density at radius 2 is 1.90 bits per heavy atom. The molecule has 1 aliphatic rings. The van der Waals surface area contributed by atoms with Gasteiger partial charge in [-0.25, -0.2) is 4.79 Å². The number of rotatable bonds is 5. The normalized spacial score (nSPS) is 15.9. The molecule has 0 saturated carbocycles. The maximum absolute atomic E-state index is 12.8. The van der Waals surface area contributed by atoms with E-state index in [1.54, 1.807) is 25.2 Å². The van der Waals surface area contributed by atoms with Gasteiger partial charge >= 0.3 is 6.03 Å². The SMILES string of the molecule is COc1cccc(NC(=O)N2CCC[C@@H]2c2nc(-c3cccc(OC)c3)no2)c1. The van der Waals surface area contributed by atoms with Crippen LogP contribution in [-0.2, 0) is 0 Å². The predicted octanol–water partition coefficient (Wildman–Crippen LogP) is 4.12. The first kappa shape index (κ1) is 18.8. The van der Waals surface area contributed by atoms with Crippen LogP contribution in [-0.4, -0.2) is 41.8 Å². The van der Waals surface area contributed by atoms with Crippen molar-refractivity contribution in [3.05, 3.63) is 54.4 Å². The number of anilines is 1. The topological polar surface area (TPSA) is 89.7 Å². The Kier molecular flexibility index (Phi) is 5.33. The number of hydrogen-bond donors (Lipinski definition) is 1. The summed E-state index contributed by atoms with van der Waals surface area (Å²) in [6.45, 7) is 0.622. The zero-order valence-corrected chi connectivity index (χ0v) is 16.3. The molecule has 1 N–H and O–H groups in total. The fourth-order valence-electron chi connectivity index (χ4n) is 3.41. The van der Waals surface area contributed by atoms with E-state index in [9.17, 15) is 4.79 Å². The zero-order chi connectivity index (χ0) is 20.2. The first-order valence-electron chi connectivity index (χ1n) is 9.37. The number of urea groups is 1. The summed E-state index contributed by atoms with van der Waals surface area (Å²) in [7, 11) is 3.20. The summed E-state index contributed by atoms with van der Waals surface area (Å²) in [6.07, 6.45) is 1.64. The second-order valence-electron chi connectivity index (χ2n) is 6.70. The highest BCUT2D eigenvalue weighted by Gasteiger charge is 2.34. The highest BCUT2D eigenvalue weighted by Crippen LogP contribution is 2.33. The predicted molar refractivity (Wildman–Crippen MR) is 107 cm³/mol. The lowest BCUT2D eigenvalue weighted by molar-refractivity contribution is 0.193. The number of ether oxygens (including phenoxy) is 2. The average molecular weight is 394 g/mol. The molecule has 1 aromatic heterocycles. The molecule has 1 saturated heterocycles. The van der Waals surface area contributed by atoms with Gasteiger partial charge in [-0.15, -0.1) is 0 Å². The van der Waals surface area contributed by atoms with Crippen molar-refractivity contribution in [2.24, 2.45) is 0 Å². The summed E-state index contributed by atoms with van der Waals surface area (Å²) in [4.78, 5) is 19.1. The molecule has 2 aromatic carbocycles. The van der Waals surface area contributed by atoms with Crippen molar-refractivity contribution in [3.8, 4) is 22.9 Å². The molecule has 1 aliphatic heterocycles. The minimum Gasteiger partial charge on any atom is -0.497 e. The molecule has 1 atom stereocenters. The Balaban J connectivity index is 1.51. The Bertz CT molecular complexity index is 1000. The third-order valence-electron chi connectivity index (χ3n) is 4.89. The van der Waals surface area contributed by atoms with Gasteiger partial charge in [0.1, 0.15) is 17.5 Å². The summed E-state index contributed by atoms with van der Waals surface area (Å²) < 4.78 is 16.0. The minimum absolute atomic E-state index is 0.207. The van der Waals surface area contributed by atoms with E-state index in [0.717, 1.165) is 18.4 Å². The molecule has 0 unspecified atom stereocenters. The molecule has 8 nitrogen and oxygen atoms in total. The third-order valence-corrected chi connectivity index (χ3v) is 4.89. The van der Waals surface area contributed by atoms with Gasteiger partial charge in [-0.05, 0) is 37.1 Å². The first-order valence-corrected chi connectivity index (χ1v) is 9.37. The van der Waals surface area contributed by atoms with Crippen LogP contribution in [0.15, 0.2) is 53.1 Å². The van der Waals surface area contributed by atoms with Crippen LogP contribution < -0.4 is 14.8 Å². The highest BCUT2D eigenvalue weighted by molar-refractivity contribution is 5.90. The summed E-state index contributed by atoms with van der Waals surface area (Å²) >= 11 is 0. The quantitative estimate of drug-likeness (QED) is 0.700. The molecule has 1 fully saturated rings. The van der Waals surface area contributed by atoms with E-state index >= 15 is 0 Å². The largest absolute Gasteiger partial charge is 0.497 e. The van der Waals surface area contributed by atoms with Crippen molar-refractivity contribution in [2.75, 3.05) is 26.1 Å². The van der Waals surface area contributed by atoms with Gasteiger partial charge in [0.05, 0.1) is 14.2 Å². The van der Waals surface area contributed by atoms with Crippen LogP contribution in [0.1, 0.15) is 24.8 Å². The van der Waals surface area contributed by atoms with E-state index < -0.39 is 0 Å². The molecule has 150 valence electrons. The lowest BCUT2D eigenvalue weighted by Crippen LogP contribution is -2.34. The number of carbonyl (C=O) groups excluding carboxylic acids is 1. The molecule has 0 aliphatic carbocycles. The Morgan fingerprint density at radius 3 is 2.69 bits per heavy atom. The second-order valence-corrected chi connectivity index (χ2v) is 6.70. The third kappa shape index (κ3) is 4.01. The molecule has 3 aromatic rings. The summed E-state index contributed by atoms with van der Waals surface area (Å²) in [5, 5.41) is 7.00. The molecule has 0 bridgehead atoms. The monoisotopic (exact) mass is 394 g/mol. The van der Waals surface area contributed by atoms with Crippen molar-refractivity contribution in [3.63, 3.8) is 0 Å². The number of methoxy groups -OCH3 is 2. The maximum Gasteiger partial charge on any atom is 0.322 e. The van der Waals surface area contributed by atoms with Gasteiger partial charge in [0.25, 0.3) is 0 Å². The first-order chi connectivity index (χ1) is 14.2.